The summed E-state index contributed by atoms with van der Waals surface area (Å²) in [7, 11) is 0. The third kappa shape index (κ3) is 4.48. The van der Waals surface area contributed by atoms with Crippen molar-refractivity contribution in [3.8, 4) is 28.9 Å². The van der Waals surface area contributed by atoms with Gasteiger partial charge in [0.05, 0.1) is 6.54 Å². The molecule has 0 saturated heterocycles. The summed E-state index contributed by atoms with van der Waals surface area (Å²) in [6, 6.07) is 15.0. The lowest BCUT2D eigenvalue weighted by atomic mass is 10.2. The van der Waals surface area contributed by atoms with Gasteiger partial charge in [-0.05, 0) is 29.8 Å². The fourth-order valence-corrected chi connectivity index (χ4v) is 2.85. The Bertz CT molecular complexity index is 1120. The first-order chi connectivity index (χ1) is 14.4. The first kappa shape index (κ1) is 19.6. The molecule has 0 aliphatic rings. The lowest BCUT2D eigenvalue weighted by Gasteiger charge is -2.08. The zero-order valence-electron chi connectivity index (χ0n) is 15.8. The Morgan fingerprint density at radius 2 is 1.70 bits per heavy atom. The minimum absolute atomic E-state index is 0.127. The maximum absolute atomic E-state index is 12.3. The minimum atomic E-state index is -4.75. The first-order valence-corrected chi connectivity index (χ1v) is 9.09. The molecule has 7 nitrogen and oxygen atoms in total. The molecule has 0 fully saturated rings. The molecule has 30 heavy (non-hydrogen) atoms. The van der Waals surface area contributed by atoms with Crippen molar-refractivity contribution in [3.05, 3.63) is 66.0 Å². The largest absolute Gasteiger partial charge is 0.573 e. The molecule has 0 radical (unpaired) electrons. The fraction of sp³-hybridized carbons (Fsp3) is 0.200. The van der Waals surface area contributed by atoms with Crippen LogP contribution in [0.3, 0.4) is 0 Å². The standard InChI is InChI=1S/C20H16F3N5O2/c1-2-16-24-18(26-28(16)12-13-6-4-3-5-7-13)19-25-17(27-30-19)14-8-10-15(11-9-14)29-20(21,22)23/h3-11H,2,12H2,1H3. The summed E-state index contributed by atoms with van der Waals surface area (Å²) in [4.78, 5) is 8.74. The molecule has 154 valence electrons. The third-order valence-corrected chi connectivity index (χ3v) is 4.20. The van der Waals surface area contributed by atoms with Crippen LogP contribution in [0.2, 0.25) is 0 Å². The van der Waals surface area contributed by atoms with Gasteiger partial charge in [0.15, 0.2) is 0 Å². The van der Waals surface area contributed by atoms with Gasteiger partial charge < -0.3 is 9.26 Å². The molecular formula is C20H16F3N5O2. The van der Waals surface area contributed by atoms with Crippen molar-refractivity contribution in [2.45, 2.75) is 26.3 Å². The second kappa shape index (κ2) is 7.97. The van der Waals surface area contributed by atoms with Crippen molar-refractivity contribution in [2.24, 2.45) is 0 Å². The van der Waals surface area contributed by atoms with Gasteiger partial charge >= 0.3 is 6.36 Å². The van der Waals surface area contributed by atoms with E-state index in [1.54, 1.807) is 4.68 Å². The molecule has 0 saturated carbocycles. The molecule has 0 spiro atoms. The highest BCUT2D eigenvalue weighted by Gasteiger charge is 2.31. The lowest BCUT2D eigenvalue weighted by molar-refractivity contribution is -0.274. The molecule has 10 heteroatoms. The Morgan fingerprint density at radius 3 is 2.37 bits per heavy atom. The quantitative estimate of drug-likeness (QED) is 0.461. The number of nitrogens with zero attached hydrogens (tertiary/aromatic N) is 5. The van der Waals surface area contributed by atoms with Gasteiger partial charge in [0.25, 0.3) is 5.89 Å². The van der Waals surface area contributed by atoms with Crippen LogP contribution < -0.4 is 4.74 Å². The van der Waals surface area contributed by atoms with Gasteiger partial charge in [0, 0.05) is 12.0 Å². The Hall–Kier alpha value is -3.69. The predicted molar refractivity (Wildman–Crippen MR) is 100 cm³/mol. The number of aromatic nitrogens is 5. The van der Waals surface area contributed by atoms with E-state index in [9.17, 15) is 13.2 Å². The SMILES string of the molecule is CCc1nc(-c2nc(-c3ccc(OC(F)(F)F)cc3)no2)nn1Cc1ccccc1. The van der Waals surface area contributed by atoms with Crippen LogP contribution in [0.4, 0.5) is 13.2 Å². The Labute approximate surface area is 169 Å². The van der Waals surface area contributed by atoms with E-state index in [0.29, 0.717) is 24.4 Å². The highest BCUT2D eigenvalue weighted by Crippen LogP contribution is 2.26. The number of benzene rings is 2. The Morgan fingerprint density at radius 1 is 0.967 bits per heavy atom. The van der Waals surface area contributed by atoms with Crippen LogP contribution in [0.25, 0.3) is 23.1 Å². The molecule has 4 aromatic rings. The van der Waals surface area contributed by atoms with Crippen molar-refractivity contribution in [2.75, 3.05) is 0 Å². The minimum Gasteiger partial charge on any atom is -0.406 e. The fourth-order valence-electron chi connectivity index (χ4n) is 2.85. The van der Waals surface area contributed by atoms with Gasteiger partial charge in [-0.3, -0.25) is 0 Å². The summed E-state index contributed by atoms with van der Waals surface area (Å²) in [6.07, 6.45) is -4.08. The van der Waals surface area contributed by atoms with E-state index < -0.39 is 6.36 Å². The zero-order valence-corrected chi connectivity index (χ0v) is 15.8. The second-order valence-corrected chi connectivity index (χ2v) is 6.34. The summed E-state index contributed by atoms with van der Waals surface area (Å²) in [5.74, 6) is 1.06. The van der Waals surface area contributed by atoms with E-state index in [0.717, 1.165) is 11.4 Å². The van der Waals surface area contributed by atoms with E-state index in [-0.39, 0.29) is 17.5 Å². The number of rotatable bonds is 6. The van der Waals surface area contributed by atoms with Gasteiger partial charge in [-0.25, -0.2) is 9.67 Å². The van der Waals surface area contributed by atoms with Crippen molar-refractivity contribution >= 4 is 0 Å². The van der Waals surface area contributed by atoms with Gasteiger partial charge in [0.1, 0.15) is 11.6 Å². The monoisotopic (exact) mass is 415 g/mol. The van der Waals surface area contributed by atoms with Gasteiger partial charge in [-0.15, -0.1) is 18.3 Å². The number of halogens is 3. The topological polar surface area (TPSA) is 78.9 Å². The van der Waals surface area contributed by atoms with E-state index in [1.807, 2.05) is 37.3 Å². The molecule has 4 rings (SSSR count). The van der Waals surface area contributed by atoms with Crippen molar-refractivity contribution < 1.29 is 22.4 Å². The van der Waals surface area contributed by atoms with E-state index in [4.69, 9.17) is 4.52 Å². The zero-order chi connectivity index (χ0) is 21.1. The van der Waals surface area contributed by atoms with E-state index in [2.05, 4.69) is 25.0 Å². The van der Waals surface area contributed by atoms with Crippen LogP contribution in [-0.2, 0) is 13.0 Å². The normalized spacial score (nSPS) is 11.6. The molecule has 2 aromatic heterocycles. The van der Waals surface area contributed by atoms with Crippen LogP contribution in [0.1, 0.15) is 18.3 Å². The molecule has 0 aliphatic heterocycles. The van der Waals surface area contributed by atoms with Crippen molar-refractivity contribution in [1.29, 1.82) is 0 Å². The smallest absolute Gasteiger partial charge is 0.406 e. The molecule has 0 atom stereocenters. The maximum Gasteiger partial charge on any atom is 0.573 e. The van der Waals surface area contributed by atoms with Crippen molar-refractivity contribution in [1.82, 2.24) is 24.9 Å². The number of aryl methyl sites for hydroxylation is 1. The molecule has 0 N–H and O–H groups in total. The summed E-state index contributed by atoms with van der Waals surface area (Å²) < 4.78 is 47.7. The predicted octanol–water partition coefficient (Wildman–Crippen LogP) is 4.50. The Kier molecular flexibility index (Phi) is 5.21. The lowest BCUT2D eigenvalue weighted by Crippen LogP contribution is -2.16. The van der Waals surface area contributed by atoms with Gasteiger partial charge in [0.2, 0.25) is 11.6 Å². The summed E-state index contributed by atoms with van der Waals surface area (Å²) in [6.45, 7) is 2.53. The van der Waals surface area contributed by atoms with Gasteiger partial charge in [-0.1, -0.05) is 42.4 Å². The summed E-state index contributed by atoms with van der Waals surface area (Å²) in [5, 5.41) is 8.35. The number of alkyl halides is 3. The average Bonchev–Trinajstić information content (AvgIpc) is 3.35. The summed E-state index contributed by atoms with van der Waals surface area (Å²) in [5.41, 5.74) is 1.55. The van der Waals surface area contributed by atoms with Crippen molar-refractivity contribution in [3.63, 3.8) is 0 Å². The highest BCUT2D eigenvalue weighted by atomic mass is 19.4. The molecule has 2 heterocycles. The van der Waals surface area contributed by atoms with E-state index in [1.165, 1.54) is 24.3 Å². The number of hydrogen-bond acceptors (Lipinski definition) is 6. The molecule has 2 aromatic carbocycles. The molecule has 0 bridgehead atoms. The van der Waals surface area contributed by atoms with Crippen LogP contribution in [0, 0.1) is 0 Å². The van der Waals surface area contributed by atoms with Crippen LogP contribution in [0.5, 0.6) is 5.75 Å². The van der Waals surface area contributed by atoms with Gasteiger partial charge in [-0.2, -0.15) is 4.98 Å². The van der Waals surface area contributed by atoms with Crippen LogP contribution in [-0.4, -0.2) is 31.3 Å². The van der Waals surface area contributed by atoms with Crippen LogP contribution in [0.15, 0.2) is 59.1 Å². The highest BCUT2D eigenvalue weighted by molar-refractivity contribution is 5.57. The molecule has 0 unspecified atom stereocenters. The number of hydrogen-bond donors (Lipinski definition) is 0. The Balaban J connectivity index is 1.55. The summed E-state index contributed by atoms with van der Waals surface area (Å²) >= 11 is 0. The second-order valence-electron chi connectivity index (χ2n) is 6.34. The third-order valence-electron chi connectivity index (χ3n) is 4.20. The molecule has 0 amide bonds. The molecular weight excluding hydrogens is 399 g/mol. The molecule has 0 aliphatic carbocycles. The number of ether oxygens (including phenoxy) is 1. The average molecular weight is 415 g/mol. The first-order valence-electron chi connectivity index (χ1n) is 9.09. The van der Waals surface area contributed by atoms with Crippen LogP contribution >= 0.6 is 0 Å². The maximum atomic E-state index is 12.3. The van der Waals surface area contributed by atoms with E-state index >= 15 is 0 Å².